The Morgan fingerprint density at radius 1 is 1.25 bits per heavy atom. The highest BCUT2D eigenvalue weighted by Gasteiger charge is 2.12. The van der Waals surface area contributed by atoms with Gasteiger partial charge in [-0.15, -0.1) is 0 Å². The Morgan fingerprint density at radius 3 is 2.44 bits per heavy atom. The lowest BCUT2D eigenvalue weighted by atomic mass is 9.87. The molecule has 1 rings (SSSR count). The van der Waals surface area contributed by atoms with Gasteiger partial charge in [-0.05, 0) is 42.0 Å². The molecule has 0 aromatic heterocycles. The number of ether oxygens (including phenoxy) is 1. The smallest absolute Gasteiger partial charge is 0.122 e. The minimum Gasteiger partial charge on any atom is -0.496 e. The monoisotopic (exact) mass is 221 g/mol. The van der Waals surface area contributed by atoms with Crippen molar-refractivity contribution in [3.8, 4) is 5.75 Å². The molecule has 0 spiro atoms. The van der Waals surface area contributed by atoms with Gasteiger partial charge in [0.05, 0.1) is 7.11 Å². The normalized spacial score (nSPS) is 11.6. The van der Waals surface area contributed by atoms with E-state index >= 15 is 0 Å². The fraction of sp³-hybridized carbons (Fsp3) is 0.571. The third-order valence-corrected chi connectivity index (χ3v) is 2.49. The quantitative estimate of drug-likeness (QED) is 0.848. The lowest BCUT2D eigenvalue weighted by molar-refractivity contribution is 0.403. The summed E-state index contributed by atoms with van der Waals surface area (Å²) >= 11 is 0. The summed E-state index contributed by atoms with van der Waals surface area (Å²) in [6, 6.07) is 6.41. The number of methoxy groups -OCH3 is 1. The zero-order valence-electron chi connectivity index (χ0n) is 10.8. The molecule has 1 aromatic rings. The van der Waals surface area contributed by atoms with Crippen molar-refractivity contribution in [1.82, 2.24) is 0 Å². The van der Waals surface area contributed by atoms with Gasteiger partial charge in [0.2, 0.25) is 0 Å². The SMILES string of the molecule is COc1ccc(CC(C)(C)C)cc1CCN. The van der Waals surface area contributed by atoms with Crippen molar-refractivity contribution >= 4 is 0 Å². The standard InChI is InChI=1S/C14H23NO/c1-14(2,3)10-11-5-6-13(16-4)12(9-11)7-8-15/h5-6,9H,7-8,10,15H2,1-4H3. The minimum absolute atomic E-state index is 0.314. The van der Waals surface area contributed by atoms with Gasteiger partial charge in [0.1, 0.15) is 5.75 Å². The van der Waals surface area contributed by atoms with Crippen LogP contribution in [-0.4, -0.2) is 13.7 Å². The van der Waals surface area contributed by atoms with Crippen molar-refractivity contribution in [3.05, 3.63) is 29.3 Å². The highest BCUT2D eigenvalue weighted by Crippen LogP contribution is 2.25. The molecule has 0 fully saturated rings. The molecular formula is C14H23NO. The van der Waals surface area contributed by atoms with Crippen LogP contribution in [0.3, 0.4) is 0 Å². The van der Waals surface area contributed by atoms with E-state index in [1.165, 1.54) is 11.1 Å². The summed E-state index contributed by atoms with van der Waals surface area (Å²) in [6.45, 7) is 7.41. The van der Waals surface area contributed by atoms with Crippen LogP contribution in [0.4, 0.5) is 0 Å². The molecule has 2 nitrogen and oxygen atoms in total. The largest absolute Gasteiger partial charge is 0.496 e. The van der Waals surface area contributed by atoms with Crippen LogP contribution in [0.2, 0.25) is 0 Å². The van der Waals surface area contributed by atoms with E-state index in [1.807, 2.05) is 6.07 Å². The second-order valence-electron chi connectivity index (χ2n) is 5.42. The third kappa shape index (κ3) is 3.86. The second kappa shape index (κ2) is 5.35. The summed E-state index contributed by atoms with van der Waals surface area (Å²) < 4.78 is 5.33. The summed E-state index contributed by atoms with van der Waals surface area (Å²) in [4.78, 5) is 0. The number of hydrogen-bond donors (Lipinski definition) is 1. The first kappa shape index (κ1) is 13.0. The molecule has 2 heteroatoms. The van der Waals surface area contributed by atoms with Crippen LogP contribution in [0.15, 0.2) is 18.2 Å². The molecule has 1 aromatic carbocycles. The Kier molecular flexibility index (Phi) is 4.36. The predicted octanol–water partition coefficient (Wildman–Crippen LogP) is 2.79. The Bertz CT molecular complexity index is 339. The summed E-state index contributed by atoms with van der Waals surface area (Å²) in [5.74, 6) is 0.947. The van der Waals surface area contributed by atoms with E-state index in [0.29, 0.717) is 12.0 Å². The van der Waals surface area contributed by atoms with Crippen molar-refractivity contribution < 1.29 is 4.74 Å². The van der Waals surface area contributed by atoms with E-state index < -0.39 is 0 Å². The van der Waals surface area contributed by atoms with Gasteiger partial charge in [-0.1, -0.05) is 32.9 Å². The Hall–Kier alpha value is -1.02. The molecule has 0 aliphatic carbocycles. The van der Waals surface area contributed by atoms with E-state index in [0.717, 1.165) is 18.6 Å². The van der Waals surface area contributed by atoms with Crippen molar-refractivity contribution in [2.75, 3.05) is 13.7 Å². The maximum atomic E-state index is 5.61. The third-order valence-electron chi connectivity index (χ3n) is 2.49. The molecule has 0 aliphatic rings. The average Bonchev–Trinajstić information content (AvgIpc) is 2.16. The van der Waals surface area contributed by atoms with Gasteiger partial charge >= 0.3 is 0 Å². The average molecular weight is 221 g/mol. The maximum absolute atomic E-state index is 5.61. The summed E-state index contributed by atoms with van der Waals surface area (Å²) in [6.07, 6.45) is 1.95. The van der Waals surface area contributed by atoms with Crippen LogP contribution in [0.25, 0.3) is 0 Å². The first-order chi connectivity index (χ1) is 7.46. The molecule has 16 heavy (non-hydrogen) atoms. The van der Waals surface area contributed by atoms with Gasteiger partial charge in [-0.25, -0.2) is 0 Å². The van der Waals surface area contributed by atoms with Crippen LogP contribution in [0.1, 0.15) is 31.9 Å². The summed E-state index contributed by atoms with van der Waals surface area (Å²) in [7, 11) is 1.71. The van der Waals surface area contributed by atoms with Crippen LogP contribution in [0, 0.1) is 5.41 Å². The summed E-state index contributed by atoms with van der Waals surface area (Å²) in [5.41, 5.74) is 8.49. The van der Waals surface area contributed by atoms with E-state index in [4.69, 9.17) is 10.5 Å². The Balaban J connectivity index is 2.93. The van der Waals surface area contributed by atoms with Gasteiger partial charge < -0.3 is 10.5 Å². The first-order valence-electron chi connectivity index (χ1n) is 5.82. The minimum atomic E-state index is 0.314. The Morgan fingerprint density at radius 2 is 1.94 bits per heavy atom. The molecule has 90 valence electrons. The van der Waals surface area contributed by atoms with E-state index in [-0.39, 0.29) is 0 Å². The van der Waals surface area contributed by atoms with Crippen molar-refractivity contribution in [2.24, 2.45) is 11.1 Å². The highest BCUT2D eigenvalue weighted by atomic mass is 16.5. The predicted molar refractivity (Wildman–Crippen MR) is 68.9 cm³/mol. The van der Waals surface area contributed by atoms with Gasteiger partial charge in [-0.3, -0.25) is 0 Å². The van der Waals surface area contributed by atoms with E-state index in [9.17, 15) is 0 Å². The molecule has 0 atom stereocenters. The van der Waals surface area contributed by atoms with Crippen LogP contribution in [0.5, 0.6) is 5.75 Å². The van der Waals surface area contributed by atoms with Gasteiger partial charge in [-0.2, -0.15) is 0 Å². The van der Waals surface area contributed by atoms with Crippen molar-refractivity contribution in [3.63, 3.8) is 0 Å². The zero-order chi connectivity index (χ0) is 12.2. The van der Waals surface area contributed by atoms with Crippen LogP contribution in [-0.2, 0) is 12.8 Å². The molecule has 0 aliphatic heterocycles. The fourth-order valence-corrected chi connectivity index (χ4v) is 1.91. The van der Waals surface area contributed by atoms with Gasteiger partial charge in [0.15, 0.2) is 0 Å². The molecule has 0 unspecified atom stereocenters. The summed E-state index contributed by atoms with van der Waals surface area (Å²) in [5, 5.41) is 0. The maximum Gasteiger partial charge on any atom is 0.122 e. The molecule has 0 saturated heterocycles. The van der Waals surface area contributed by atoms with Gasteiger partial charge in [0, 0.05) is 0 Å². The van der Waals surface area contributed by atoms with Crippen LogP contribution < -0.4 is 10.5 Å². The van der Waals surface area contributed by atoms with Crippen LogP contribution >= 0.6 is 0 Å². The molecule has 0 saturated carbocycles. The first-order valence-corrected chi connectivity index (χ1v) is 5.82. The van der Waals surface area contributed by atoms with E-state index in [1.54, 1.807) is 7.11 Å². The molecule has 0 heterocycles. The molecular weight excluding hydrogens is 198 g/mol. The molecule has 0 bridgehead atoms. The zero-order valence-corrected chi connectivity index (χ0v) is 10.8. The highest BCUT2D eigenvalue weighted by molar-refractivity contribution is 5.37. The lowest BCUT2D eigenvalue weighted by Crippen LogP contribution is -2.10. The number of benzene rings is 1. The number of nitrogens with two attached hydrogens (primary N) is 1. The number of rotatable bonds is 4. The fourth-order valence-electron chi connectivity index (χ4n) is 1.91. The molecule has 0 radical (unpaired) electrons. The topological polar surface area (TPSA) is 35.2 Å². The molecule has 0 amide bonds. The molecule has 2 N–H and O–H groups in total. The number of hydrogen-bond acceptors (Lipinski definition) is 2. The lowest BCUT2D eigenvalue weighted by Gasteiger charge is -2.19. The second-order valence-corrected chi connectivity index (χ2v) is 5.42. The Labute approximate surface area is 98.8 Å². The van der Waals surface area contributed by atoms with E-state index in [2.05, 4.69) is 32.9 Å². The van der Waals surface area contributed by atoms with Gasteiger partial charge in [0.25, 0.3) is 0 Å². The van der Waals surface area contributed by atoms with Crippen molar-refractivity contribution in [2.45, 2.75) is 33.6 Å². The van der Waals surface area contributed by atoms with Crippen molar-refractivity contribution in [1.29, 1.82) is 0 Å².